The van der Waals surface area contributed by atoms with Crippen LogP contribution in [0.3, 0.4) is 0 Å². The van der Waals surface area contributed by atoms with Gasteiger partial charge in [-0.05, 0) is 12.3 Å². The topological polar surface area (TPSA) is 17.8 Å². The standard InChI is InChI=1S/C9H13F3N2/c1-6(2)4-7-5-13-14(3)8(7)9(10,11)12/h5-6H,4H2,1-3H3. The van der Waals surface area contributed by atoms with Crippen LogP contribution in [-0.4, -0.2) is 9.78 Å². The van der Waals surface area contributed by atoms with Crippen molar-refractivity contribution < 1.29 is 13.2 Å². The SMILES string of the molecule is CC(C)Cc1cnn(C)c1C(F)(F)F. The van der Waals surface area contributed by atoms with Gasteiger partial charge in [-0.3, -0.25) is 4.68 Å². The average molecular weight is 206 g/mol. The molecule has 0 bridgehead atoms. The molecule has 0 aliphatic rings. The van der Waals surface area contributed by atoms with Crippen molar-refractivity contribution in [1.82, 2.24) is 9.78 Å². The lowest BCUT2D eigenvalue weighted by atomic mass is 10.0. The van der Waals surface area contributed by atoms with Crippen LogP contribution >= 0.6 is 0 Å². The van der Waals surface area contributed by atoms with Gasteiger partial charge >= 0.3 is 6.18 Å². The third-order valence-corrected chi connectivity index (χ3v) is 1.91. The van der Waals surface area contributed by atoms with Gasteiger partial charge in [0.05, 0.1) is 6.20 Å². The summed E-state index contributed by atoms with van der Waals surface area (Å²) < 4.78 is 38.5. The van der Waals surface area contributed by atoms with E-state index in [1.165, 1.54) is 13.2 Å². The van der Waals surface area contributed by atoms with Crippen molar-refractivity contribution in [2.45, 2.75) is 26.4 Å². The molecule has 80 valence electrons. The molecule has 0 aliphatic heterocycles. The summed E-state index contributed by atoms with van der Waals surface area (Å²) in [7, 11) is 1.31. The molecule has 0 N–H and O–H groups in total. The number of aromatic nitrogens is 2. The maximum absolute atomic E-state index is 12.5. The van der Waals surface area contributed by atoms with E-state index in [9.17, 15) is 13.2 Å². The summed E-state index contributed by atoms with van der Waals surface area (Å²) in [5.74, 6) is 0.195. The quantitative estimate of drug-likeness (QED) is 0.727. The first kappa shape index (κ1) is 11.1. The van der Waals surface area contributed by atoms with E-state index < -0.39 is 11.9 Å². The van der Waals surface area contributed by atoms with E-state index >= 15 is 0 Å². The highest BCUT2D eigenvalue weighted by Crippen LogP contribution is 2.32. The largest absolute Gasteiger partial charge is 0.433 e. The van der Waals surface area contributed by atoms with E-state index in [-0.39, 0.29) is 11.5 Å². The third-order valence-electron chi connectivity index (χ3n) is 1.91. The third kappa shape index (κ3) is 2.27. The lowest BCUT2D eigenvalue weighted by molar-refractivity contribution is -0.144. The summed E-state index contributed by atoms with van der Waals surface area (Å²) in [5, 5.41) is 3.63. The van der Waals surface area contributed by atoms with Crippen LogP contribution < -0.4 is 0 Å². The van der Waals surface area contributed by atoms with Gasteiger partial charge in [-0.1, -0.05) is 13.8 Å². The maximum atomic E-state index is 12.5. The normalized spacial score (nSPS) is 12.5. The van der Waals surface area contributed by atoms with Crippen molar-refractivity contribution in [3.63, 3.8) is 0 Å². The van der Waals surface area contributed by atoms with Gasteiger partial charge in [0.1, 0.15) is 5.69 Å². The van der Waals surface area contributed by atoms with Gasteiger partial charge < -0.3 is 0 Å². The fourth-order valence-electron chi connectivity index (χ4n) is 1.44. The Balaban J connectivity index is 3.07. The molecule has 5 heteroatoms. The molecule has 1 heterocycles. The minimum atomic E-state index is -4.31. The predicted octanol–water partition coefficient (Wildman–Crippen LogP) is 2.64. The molecule has 1 aromatic rings. The minimum absolute atomic E-state index is 0.195. The molecule has 0 aliphatic carbocycles. The van der Waals surface area contributed by atoms with Crippen molar-refractivity contribution >= 4 is 0 Å². The van der Waals surface area contributed by atoms with Crippen molar-refractivity contribution in [2.75, 3.05) is 0 Å². The second-order valence-corrected chi connectivity index (χ2v) is 3.74. The van der Waals surface area contributed by atoms with Crippen LogP contribution in [0.4, 0.5) is 13.2 Å². The molecule has 0 saturated carbocycles. The highest BCUT2D eigenvalue weighted by atomic mass is 19.4. The van der Waals surface area contributed by atoms with Crippen LogP contribution in [0, 0.1) is 5.92 Å². The van der Waals surface area contributed by atoms with Crippen LogP contribution in [0.5, 0.6) is 0 Å². The molecule has 1 aromatic heterocycles. The van der Waals surface area contributed by atoms with Crippen LogP contribution in [0.15, 0.2) is 6.20 Å². The Labute approximate surface area is 80.7 Å². The molecule has 0 amide bonds. The zero-order valence-corrected chi connectivity index (χ0v) is 8.39. The number of hydrogen-bond acceptors (Lipinski definition) is 1. The van der Waals surface area contributed by atoms with E-state index in [0.29, 0.717) is 6.42 Å². The highest BCUT2D eigenvalue weighted by Gasteiger charge is 2.37. The van der Waals surface area contributed by atoms with Crippen molar-refractivity contribution in [3.05, 3.63) is 17.5 Å². The zero-order chi connectivity index (χ0) is 10.9. The Bertz CT molecular complexity index is 312. The first-order valence-electron chi connectivity index (χ1n) is 4.40. The molecule has 2 nitrogen and oxygen atoms in total. The van der Waals surface area contributed by atoms with Gasteiger partial charge in [-0.15, -0.1) is 0 Å². The summed E-state index contributed by atoms with van der Waals surface area (Å²) in [6, 6.07) is 0. The van der Waals surface area contributed by atoms with Crippen molar-refractivity contribution in [3.8, 4) is 0 Å². The second-order valence-electron chi connectivity index (χ2n) is 3.74. The summed E-state index contributed by atoms with van der Waals surface area (Å²) >= 11 is 0. The number of halogens is 3. The smallest absolute Gasteiger partial charge is 0.263 e. The molecule has 0 atom stereocenters. The molecule has 0 aromatic carbocycles. The summed E-state index contributed by atoms with van der Waals surface area (Å²) in [4.78, 5) is 0. The zero-order valence-electron chi connectivity index (χ0n) is 8.39. The van der Waals surface area contributed by atoms with Crippen LogP contribution in [-0.2, 0) is 19.6 Å². The van der Waals surface area contributed by atoms with Gasteiger partial charge in [-0.2, -0.15) is 18.3 Å². The first-order valence-corrected chi connectivity index (χ1v) is 4.40. The summed E-state index contributed by atoms with van der Waals surface area (Å²) in [6.45, 7) is 3.76. The second kappa shape index (κ2) is 3.63. The Morgan fingerprint density at radius 3 is 2.43 bits per heavy atom. The number of nitrogens with zero attached hydrogens (tertiary/aromatic N) is 2. The fourth-order valence-corrected chi connectivity index (χ4v) is 1.44. The van der Waals surface area contributed by atoms with Crippen LogP contribution in [0.1, 0.15) is 25.1 Å². The molecule has 0 spiro atoms. The lowest BCUT2D eigenvalue weighted by Gasteiger charge is -2.10. The van der Waals surface area contributed by atoms with Gasteiger partial charge in [0, 0.05) is 12.6 Å². The molecule has 14 heavy (non-hydrogen) atoms. The van der Waals surface area contributed by atoms with Crippen molar-refractivity contribution in [2.24, 2.45) is 13.0 Å². The van der Waals surface area contributed by atoms with E-state index in [1.807, 2.05) is 13.8 Å². The van der Waals surface area contributed by atoms with Crippen molar-refractivity contribution in [1.29, 1.82) is 0 Å². The Morgan fingerprint density at radius 2 is 2.00 bits per heavy atom. The maximum Gasteiger partial charge on any atom is 0.433 e. The van der Waals surface area contributed by atoms with E-state index in [2.05, 4.69) is 5.10 Å². The highest BCUT2D eigenvalue weighted by molar-refractivity contribution is 5.21. The predicted molar refractivity (Wildman–Crippen MR) is 46.8 cm³/mol. The lowest BCUT2D eigenvalue weighted by Crippen LogP contribution is -2.14. The average Bonchev–Trinajstić information content (AvgIpc) is 2.28. The molecule has 1 rings (SSSR count). The molecular formula is C9H13F3N2. The molecule has 0 radical (unpaired) electrons. The number of rotatable bonds is 2. The molecular weight excluding hydrogens is 193 g/mol. The van der Waals surface area contributed by atoms with Gasteiger partial charge in [0.15, 0.2) is 0 Å². The number of hydrogen-bond donors (Lipinski definition) is 0. The molecule has 0 unspecified atom stereocenters. The monoisotopic (exact) mass is 206 g/mol. The van der Waals surface area contributed by atoms with Gasteiger partial charge in [0.2, 0.25) is 0 Å². The molecule has 0 fully saturated rings. The Kier molecular flexibility index (Phi) is 2.87. The Hall–Kier alpha value is -1.00. The number of alkyl halides is 3. The van der Waals surface area contributed by atoms with Crippen LogP contribution in [0.25, 0.3) is 0 Å². The first-order chi connectivity index (χ1) is 6.32. The van der Waals surface area contributed by atoms with E-state index in [1.54, 1.807) is 0 Å². The van der Waals surface area contributed by atoms with E-state index in [4.69, 9.17) is 0 Å². The van der Waals surface area contributed by atoms with Crippen LogP contribution in [0.2, 0.25) is 0 Å². The minimum Gasteiger partial charge on any atom is -0.263 e. The molecule has 0 saturated heterocycles. The number of aryl methyl sites for hydroxylation is 1. The summed E-state index contributed by atoms with van der Waals surface area (Å²) in [5.41, 5.74) is -0.360. The van der Waals surface area contributed by atoms with Gasteiger partial charge in [0.25, 0.3) is 0 Å². The fraction of sp³-hybridized carbons (Fsp3) is 0.667. The summed E-state index contributed by atoms with van der Waals surface area (Å²) in [6.07, 6.45) is -2.61. The van der Waals surface area contributed by atoms with Gasteiger partial charge in [-0.25, -0.2) is 0 Å². The van der Waals surface area contributed by atoms with E-state index in [0.717, 1.165) is 4.68 Å². The Morgan fingerprint density at radius 1 is 1.43 bits per heavy atom.